The molecule has 0 bridgehead atoms. The Hall–Kier alpha value is -1.07. The Morgan fingerprint density at radius 2 is 2.50 bits per heavy atom. The van der Waals surface area contributed by atoms with E-state index in [1.807, 2.05) is 0 Å². The molecule has 0 heterocycles. The van der Waals surface area contributed by atoms with Crippen molar-refractivity contribution < 1.29 is 35.3 Å². The molecule has 0 radical (unpaired) electrons. The van der Waals surface area contributed by atoms with Crippen LogP contribution in [0.15, 0.2) is 12.4 Å². The minimum absolute atomic E-state index is 1.82. The molecule has 0 aliphatic heterocycles. The molecule has 1 unspecified atom stereocenters. The van der Waals surface area contributed by atoms with Crippen molar-refractivity contribution in [2.24, 2.45) is 0 Å². The topological polar surface area (TPSA) is 26.3 Å². The first kappa shape index (κ1) is 4.25. The average molecular weight is 192 g/mol. The molecule has 0 spiro atoms. The minimum Gasteiger partial charge on any atom is -0.417 e. The number of hydrogen-bond acceptors (Lipinski definition) is 2. The van der Waals surface area contributed by atoms with Crippen LogP contribution >= 0.6 is 0 Å². The van der Waals surface area contributed by atoms with Crippen LogP contribution in [-0.2, 0) is 9.53 Å². The number of esters is 1. The van der Waals surface area contributed by atoms with Crippen LogP contribution < -0.4 is 0 Å². The van der Waals surface area contributed by atoms with Gasteiger partial charge in [0.15, 0.2) is 0 Å². The van der Waals surface area contributed by atoms with Crippen LogP contribution in [0, 0.1) is 0 Å². The lowest BCUT2D eigenvalue weighted by atomic mass is 10.4. The van der Waals surface area contributed by atoms with E-state index in [1.54, 1.807) is 0 Å². The van der Waals surface area contributed by atoms with Crippen LogP contribution in [0.2, 0.25) is 0 Å². The molecule has 0 aromatic carbocycles. The molecule has 0 aromatic rings. The SMILES string of the molecule is [2H]C([2H])=C(F)C(=O)OC(F)(C([2H])([2H])[2H])C([2H])(F)F. The van der Waals surface area contributed by atoms with Crippen molar-refractivity contribution in [1.82, 2.24) is 0 Å². The quantitative estimate of drug-likeness (QED) is 0.388. The van der Waals surface area contributed by atoms with E-state index >= 15 is 0 Å². The van der Waals surface area contributed by atoms with E-state index in [0.717, 1.165) is 0 Å². The molecule has 0 rings (SSSR count). The molecule has 0 amide bonds. The third-order valence-electron chi connectivity index (χ3n) is 0.656. The molecule has 0 aromatic heterocycles. The summed E-state index contributed by atoms with van der Waals surface area (Å²) < 4.78 is 92.1. The van der Waals surface area contributed by atoms with Gasteiger partial charge in [-0.1, -0.05) is 6.53 Å². The van der Waals surface area contributed by atoms with Crippen molar-refractivity contribution in [3.8, 4) is 0 Å². The zero-order chi connectivity index (χ0) is 14.9. The summed E-state index contributed by atoms with van der Waals surface area (Å²) in [5.41, 5.74) is 0. The largest absolute Gasteiger partial charge is 0.417 e. The molecule has 0 aliphatic rings. The van der Waals surface area contributed by atoms with Gasteiger partial charge in [-0.3, -0.25) is 0 Å². The molecular formula is C6H6F4O2. The average Bonchev–Trinajstić information content (AvgIpc) is 2.12. The van der Waals surface area contributed by atoms with Gasteiger partial charge < -0.3 is 4.74 Å². The van der Waals surface area contributed by atoms with Gasteiger partial charge in [0.2, 0.25) is 5.83 Å². The molecular weight excluding hydrogens is 180 g/mol. The Balaban J connectivity index is 5.46. The molecule has 0 N–H and O–H groups in total. The second-order valence-corrected chi connectivity index (χ2v) is 1.56. The molecule has 0 fully saturated rings. The van der Waals surface area contributed by atoms with Crippen LogP contribution in [0.1, 0.15) is 15.1 Å². The van der Waals surface area contributed by atoms with E-state index in [2.05, 4.69) is 4.74 Å². The highest BCUT2D eigenvalue weighted by Crippen LogP contribution is 2.22. The number of carbonyl (C=O) groups excluding carboxylic acids is 1. The Bertz CT molecular complexity index is 355. The Morgan fingerprint density at radius 3 is 2.83 bits per heavy atom. The van der Waals surface area contributed by atoms with Crippen LogP contribution in [0.25, 0.3) is 0 Å². The molecule has 0 saturated carbocycles. The number of rotatable bonds is 3. The first-order valence-corrected chi connectivity index (χ1v) is 2.37. The number of ether oxygens (including phenoxy) is 1. The lowest BCUT2D eigenvalue weighted by molar-refractivity contribution is -0.210. The van der Waals surface area contributed by atoms with Gasteiger partial charge in [-0.05, 0) is 0 Å². The summed E-state index contributed by atoms with van der Waals surface area (Å²) in [5, 5.41) is 0. The molecule has 6 heteroatoms. The zero-order valence-electron chi connectivity index (χ0n) is 11.3. The summed E-state index contributed by atoms with van der Waals surface area (Å²) in [6, 6.07) is 0. The predicted molar refractivity (Wildman–Crippen MR) is 31.9 cm³/mol. The highest BCUT2D eigenvalue weighted by atomic mass is 19.3. The fraction of sp³-hybridized carbons (Fsp3) is 0.500. The van der Waals surface area contributed by atoms with Gasteiger partial charge in [-0.25, -0.2) is 13.6 Å². The third-order valence-corrected chi connectivity index (χ3v) is 0.656. The molecule has 1 atom stereocenters. The van der Waals surface area contributed by atoms with Crippen molar-refractivity contribution >= 4 is 5.97 Å². The number of halogens is 4. The van der Waals surface area contributed by atoms with E-state index < -0.39 is 37.4 Å². The first-order valence-electron chi connectivity index (χ1n) is 5.37. The summed E-state index contributed by atoms with van der Waals surface area (Å²) >= 11 is 0. The fourth-order valence-electron chi connectivity index (χ4n) is 0.211. The monoisotopic (exact) mass is 192 g/mol. The lowest BCUT2D eigenvalue weighted by Crippen LogP contribution is -2.34. The van der Waals surface area contributed by atoms with Gasteiger partial charge >= 0.3 is 18.2 Å². The summed E-state index contributed by atoms with van der Waals surface area (Å²) in [6.45, 7) is -6.08. The highest BCUT2D eigenvalue weighted by Gasteiger charge is 2.39. The summed E-state index contributed by atoms with van der Waals surface area (Å²) in [5.74, 6) is -10.0. The minimum atomic E-state index is -5.39. The molecule has 12 heavy (non-hydrogen) atoms. The highest BCUT2D eigenvalue weighted by molar-refractivity contribution is 5.85. The molecule has 0 aliphatic carbocycles. The molecule has 2 nitrogen and oxygen atoms in total. The van der Waals surface area contributed by atoms with Crippen molar-refractivity contribution in [3.05, 3.63) is 12.4 Å². The standard InChI is InChI=1S/C6H6F4O2/c1-3(7)4(11)12-6(2,10)5(8)9/h5H,1H2,2H3/i1D2,2D3,5D. The van der Waals surface area contributed by atoms with Crippen LogP contribution in [0.4, 0.5) is 17.6 Å². The lowest BCUT2D eigenvalue weighted by Gasteiger charge is -2.18. The van der Waals surface area contributed by atoms with Crippen molar-refractivity contribution in [2.45, 2.75) is 19.1 Å². The normalized spacial score (nSPS) is 24.3. The second kappa shape index (κ2) is 3.55. The van der Waals surface area contributed by atoms with E-state index in [4.69, 9.17) is 8.22 Å². The summed E-state index contributed by atoms with van der Waals surface area (Å²) in [7, 11) is 0. The van der Waals surface area contributed by atoms with Gasteiger partial charge in [0.25, 0.3) is 0 Å². The van der Waals surface area contributed by atoms with Gasteiger partial charge in [-0.2, -0.15) is 8.78 Å². The van der Waals surface area contributed by atoms with Gasteiger partial charge in [0.05, 0.1) is 2.74 Å². The summed E-state index contributed by atoms with van der Waals surface area (Å²) in [6.07, 6.45) is -5.39. The van der Waals surface area contributed by atoms with Crippen molar-refractivity contribution in [1.29, 1.82) is 0 Å². The fourth-order valence-corrected chi connectivity index (χ4v) is 0.211. The second-order valence-electron chi connectivity index (χ2n) is 1.56. The van der Waals surface area contributed by atoms with E-state index in [1.165, 1.54) is 0 Å². The Morgan fingerprint density at radius 1 is 1.92 bits per heavy atom. The van der Waals surface area contributed by atoms with Gasteiger partial charge in [0, 0.05) is 11.0 Å². The van der Waals surface area contributed by atoms with E-state index in [-0.39, 0.29) is 0 Å². The Kier molecular flexibility index (Phi) is 1.26. The summed E-state index contributed by atoms with van der Waals surface area (Å²) in [4.78, 5) is 10.7. The maximum atomic E-state index is 13.4. The van der Waals surface area contributed by atoms with Gasteiger partial charge in [-0.15, -0.1) is 0 Å². The molecule has 70 valence electrons. The van der Waals surface area contributed by atoms with Gasteiger partial charge in [0.1, 0.15) is 1.37 Å². The van der Waals surface area contributed by atoms with E-state index in [0.29, 0.717) is 0 Å². The predicted octanol–water partition coefficient (Wildman–Crippen LogP) is 1.96. The van der Waals surface area contributed by atoms with Crippen molar-refractivity contribution in [2.75, 3.05) is 0 Å². The van der Waals surface area contributed by atoms with Crippen molar-refractivity contribution in [3.63, 3.8) is 0 Å². The number of alkyl halides is 3. The van der Waals surface area contributed by atoms with Crippen LogP contribution in [0.5, 0.6) is 0 Å². The van der Waals surface area contributed by atoms with E-state index in [9.17, 15) is 22.4 Å². The smallest absolute Gasteiger partial charge is 0.369 e. The maximum Gasteiger partial charge on any atom is 0.369 e. The zero-order valence-corrected chi connectivity index (χ0v) is 5.33. The first-order chi connectivity index (χ1) is 7.74. The molecule has 0 saturated heterocycles. The third kappa shape index (κ3) is 2.89. The number of carbonyl (C=O) groups is 1. The Labute approximate surface area is 74.2 Å². The van der Waals surface area contributed by atoms with Crippen LogP contribution in [0.3, 0.4) is 0 Å². The van der Waals surface area contributed by atoms with Crippen LogP contribution in [-0.4, -0.2) is 18.2 Å². The maximum absolute atomic E-state index is 13.4. The number of hydrogen-bond donors (Lipinski definition) is 0.